The van der Waals surface area contributed by atoms with Gasteiger partial charge in [0.25, 0.3) is 5.91 Å². The Morgan fingerprint density at radius 3 is 2.24 bits per heavy atom. The molecule has 2 N–H and O–H groups in total. The van der Waals surface area contributed by atoms with Crippen molar-refractivity contribution >= 4 is 29.3 Å². The number of carbonyl (C=O) groups excluding carboxylic acids is 2. The number of para-hydroxylation sites is 2. The van der Waals surface area contributed by atoms with E-state index < -0.39 is 6.04 Å². The lowest BCUT2D eigenvalue weighted by Crippen LogP contribution is -2.43. The highest BCUT2D eigenvalue weighted by atomic mass is 32.2. The Bertz CT molecular complexity index is 949. The third-order valence-corrected chi connectivity index (χ3v) is 5.08. The molecule has 0 bridgehead atoms. The minimum Gasteiger partial charge on any atom is -0.484 e. The summed E-state index contributed by atoms with van der Waals surface area (Å²) in [6.45, 7) is 1.49. The summed E-state index contributed by atoms with van der Waals surface area (Å²) < 4.78 is 5.41. The van der Waals surface area contributed by atoms with Crippen LogP contribution in [-0.4, -0.2) is 24.5 Å². The third kappa shape index (κ3) is 6.40. The van der Waals surface area contributed by atoms with Crippen molar-refractivity contribution in [1.29, 1.82) is 0 Å². The number of anilines is 1. The third-order valence-electron chi connectivity index (χ3n) is 4.00. The van der Waals surface area contributed by atoms with Crippen LogP contribution in [0.4, 0.5) is 5.69 Å². The number of hydrogen-bond acceptors (Lipinski definition) is 4. The molecule has 0 saturated carbocycles. The second kappa shape index (κ2) is 10.3. The first-order chi connectivity index (χ1) is 14.1. The minimum absolute atomic E-state index is 0.151. The van der Waals surface area contributed by atoms with E-state index in [-0.39, 0.29) is 18.4 Å². The molecule has 0 aromatic heterocycles. The second-order valence-corrected chi connectivity index (χ2v) is 7.41. The summed E-state index contributed by atoms with van der Waals surface area (Å²) in [5.74, 6) is -0.0470. The number of hydrogen-bond donors (Lipinski definition) is 2. The van der Waals surface area contributed by atoms with Crippen molar-refractivity contribution in [2.45, 2.75) is 22.8 Å². The summed E-state index contributed by atoms with van der Waals surface area (Å²) in [6, 6.07) is 25.9. The molecule has 1 unspecified atom stereocenters. The molecule has 0 spiro atoms. The van der Waals surface area contributed by atoms with Gasteiger partial charge in [-0.25, -0.2) is 0 Å². The normalized spacial score (nSPS) is 11.3. The van der Waals surface area contributed by atoms with Crippen LogP contribution in [0.3, 0.4) is 0 Å². The monoisotopic (exact) mass is 406 g/mol. The summed E-state index contributed by atoms with van der Waals surface area (Å²) in [7, 11) is 0. The quantitative estimate of drug-likeness (QED) is 0.583. The molecule has 2 amide bonds. The molecule has 29 heavy (non-hydrogen) atoms. The smallest absolute Gasteiger partial charge is 0.258 e. The first-order valence-corrected chi connectivity index (χ1v) is 10.0. The van der Waals surface area contributed by atoms with Gasteiger partial charge < -0.3 is 15.4 Å². The van der Waals surface area contributed by atoms with Gasteiger partial charge in [-0.15, -0.1) is 0 Å². The zero-order valence-electron chi connectivity index (χ0n) is 16.0. The van der Waals surface area contributed by atoms with Crippen LogP contribution < -0.4 is 15.4 Å². The molecule has 0 heterocycles. The van der Waals surface area contributed by atoms with Gasteiger partial charge in [0, 0.05) is 9.79 Å². The zero-order chi connectivity index (χ0) is 20.5. The second-order valence-electron chi connectivity index (χ2n) is 6.29. The summed E-state index contributed by atoms with van der Waals surface area (Å²) >= 11 is 1.57. The van der Waals surface area contributed by atoms with Crippen LogP contribution >= 0.6 is 11.8 Å². The summed E-state index contributed by atoms with van der Waals surface area (Å²) in [6.07, 6.45) is 0. The fourth-order valence-corrected chi connectivity index (χ4v) is 3.45. The highest BCUT2D eigenvalue weighted by Crippen LogP contribution is 2.33. The van der Waals surface area contributed by atoms with Gasteiger partial charge in [0.1, 0.15) is 11.8 Å². The van der Waals surface area contributed by atoms with Crippen LogP contribution in [0.1, 0.15) is 6.92 Å². The van der Waals surface area contributed by atoms with Gasteiger partial charge >= 0.3 is 0 Å². The Morgan fingerprint density at radius 2 is 1.52 bits per heavy atom. The van der Waals surface area contributed by atoms with Gasteiger partial charge in [-0.3, -0.25) is 9.59 Å². The van der Waals surface area contributed by atoms with Gasteiger partial charge in [0.15, 0.2) is 6.61 Å². The van der Waals surface area contributed by atoms with Gasteiger partial charge in [-0.05, 0) is 43.3 Å². The van der Waals surface area contributed by atoms with Crippen molar-refractivity contribution in [3.63, 3.8) is 0 Å². The molecule has 0 aliphatic carbocycles. The lowest BCUT2D eigenvalue weighted by Gasteiger charge is -2.16. The van der Waals surface area contributed by atoms with Crippen LogP contribution in [0.2, 0.25) is 0 Å². The highest BCUT2D eigenvalue weighted by Gasteiger charge is 2.17. The van der Waals surface area contributed by atoms with Crippen LogP contribution in [0, 0.1) is 0 Å². The SMILES string of the molecule is CC(NC(=O)COc1ccccc1)C(=O)Nc1ccccc1Sc1ccccc1. The standard InChI is InChI=1S/C23H22N2O3S/c1-17(24-22(26)16-28-18-10-4-2-5-11-18)23(27)25-20-14-8-9-15-21(20)29-19-12-6-3-7-13-19/h2-15,17H,16H2,1H3,(H,24,26)(H,25,27). The molecule has 3 aromatic rings. The van der Waals surface area contributed by atoms with Gasteiger partial charge in [-0.1, -0.05) is 60.3 Å². The summed E-state index contributed by atoms with van der Waals surface area (Å²) in [4.78, 5) is 26.6. The van der Waals surface area contributed by atoms with Crippen LogP contribution in [0.15, 0.2) is 94.7 Å². The molecule has 148 valence electrons. The number of rotatable bonds is 8. The fourth-order valence-electron chi connectivity index (χ4n) is 2.53. The highest BCUT2D eigenvalue weighted by molar-refractivity contribution is 7.99. The first kappa shape index (κ1) is 20.5. The molecule has 1 atom stereocenters. The predicted octanol–water partition coefficient (Wildman–Crippen LogP) is 4.36. The Morgan fingerprint density at radius 1 is 0.897 bits per heavy atom. The van der Waals surface area contributed by atoms with Crippen LogP contribution in [0.25, 0.3) is 0 Å². The van der Waals surface area contributed by atoms with Gasteiger partial charge in [0.2, 0.25) is 5.91 Å². The van der Waals surface area contributed by atoms with E-state index in [9.17, 15) is 9.59 Å². The zero-order valence-corrected chi connectivity index (χ0v) is 16.8. The molecule has 0 aliphatic rings. The first-order valence-electron chi connectivity index (χ1n) is 9.22. The van der Waals surface area contributed by atoms with Gasteiger partial charge in [-0.2, -0.15) is 0 Å². The van der Waals surface area contributed by atoms with E-state index in [1.54, 1.807) is 30.8 Å². The predicted molar refractivity (Wildman–Crippen MR) is 115 cm³/mol. The van der Waals surface area contributed by atoms with Crippen molar-refractivity contribution in [3.05, 3.63) is 84.9 Å². The van der Waals surface area contributed by atoms with E-state index >= 15 is 0 Å². The molecule has 0 saturated heterocycles. The molecule has 0 radical (unpaired) electrons. The van der Waals surface area contributed by atoms with Gasteiger partial charge in [0.05, 0.1) is 5.69 Å². The lowest BCUT2D eigenvalue weighted by molar-refractivity contribution is -0.127. The van der Waals surface area contributed by atoms with Crippen molar-refractivity contribution in [1.82, 2.24) is 5.32 Å². The molecule has 0 aliphatic heterocycles. The Kier molecular flexibility index (Phi) is 7.30. The molecule has 3 rings (SSSR count). The number of ether oxygens (including phenoxy) is 1. The average Bonchev–Trinajstić information content (AvgIpc) is 2.75. The number of carbonyl (C=O) groups is 2. The maximum Gasteiger partial charge on any atom is 0.258 e. The summed E-state index contributed by atoms with van der Waals surface area (Å²) in [5.41, 5.74) is 0.702. The lowest BCUT2D eigenvalue weighted by atomic mass is 10.2. The van der Waals surface area contributed by atoms with Crippen molar-refractivity contribution in [3.8, 4) is 5.75 Å². The number of benzene rings is 3. The molecule has 6 heteroatoms. The van der Waals surface area contributed by atoms with Crippen LogP contribution in [-0.2, 0) is 9.59 Å². The Labute approximate surface area is 174 Å². The fraction of sp³-hybridized carbons (Fsp3) is 0.130. The largest absolute Gasteiger partial charge is 0.484 e. The van der Waals surface area contributed by atoms with E-state index in [0.29, 0.717) is 11.4 Å². The average molecular weight is 407 g/mol. The Hall–Kier alpha value is -3.25. The topological polar surface area (TPSA) is 67.4 Å². The molecule has 0 fully saturated rings. The number of amides is 2. The maximum atomic E-state index is 12.6. The molecular formula is C23H22N2O3S. The van der Waals surface area contributed by atoms with Crippen LogP contribution in [0.5, 0.6) is 5.75 Å². The van der Waals surface area contributed by atoms with E-state index in [4.69, 9.17) is 4.74 Å². The molecule has 3 aromatic carbocycles. The van der Waals surface area contributed by atoms with Crippen molar-refractivity contribution in [2.75, 3.05) is 11.9 Å². The maximum absolute atomic E-state index is 12.6. The number of nitrogens with one attached hydrogen (secondary N) is 2. The van der Waals surface area contributed by atoms with Crippen molar-refractivity contribution in [2.24, 2.45) is 0 Å². The Balaban J connectivity index is 1.55. The van der Waals surface area contributed by atoms with E-state index in [1.807, 2.05) is 72.8 Å². The minimum atomic E-state index is -0.698. The van der Waals surface area contributed by atoms with E-state index in [0.717, 1.165) is 9.79 Å². The summed E-state index contributed by atoms with van der Waals surface area (Å²) in [5, 5.41) is 5.55. The van der Waals surface area contributed by atoms with Crippen molar-refractivity contribution < 1.29 is 14.3 Å². The molecule has 5 nitrogen and oxygen atoms in total. The van der Waals surface area contributed by atoms with E-state index in [1.165, 1.54) is 0 Å². The molecular weight excluding hydrogens is 384 g/mol. The van der Waals surface area contributed by atoms with E-state index in [2.05, 4.69) is 10.6 Å².